The lowest BCUT2D eigenvalue weighted by atomic mass is 10.1. The van der Waals surface area contributed by atoms with Crippen molar-refractivity contribution in [3.63, 3.8) is 0 Å². The molecule has 0 radical (unpaired) electrons. The lowest BCUT2D eigenvalue weighted by Crippen LogP contribution is -2.06. The average molecular weight is 685 g/mol. The summed E-state index contributed by atoms with van der Waals surface area (Å²) in [5.74, 6) is -1.10. The number of aliphatic carboxylic acids is 1. The first-order valence-electron chi connectivity index (χ1n) is 20.1. The monoisotopic (exact) mass is 685 g/mol. The predicted octanol–water partition coefficient (Wildman–Crippen LogP) is 11.4. The van der Waals surface area contributed by atoms with Crippen LogP contribution in [0.3, 0.4) is 0 Å². The molecule has 0 aliphatic carbocycles. The molecular formula is C40H76O8. The largest absolute Gasteiger partial charge is 0.481 e. The van der Waals surface area contributed by atoms with Crippen molar-refractivity contribution < 1.29 is 38.5 Å². The van der Waals surface area contributed by atoms with E-state index in [9.17, 15) is 19.2 Å². The Balaban J connectivity index is 0. The summed E-state index contributed by atoms with van der Waals surface area (Å²) in [4.78, 5) is 44.9. The van der Waals surface area contributed by atoms with Crippen molar-refractivity contribution in [2.45, 2.75) is 213 Å². The van der Waals surface area contributed by atoms with Gasteiger partial charge in [-0.15, -0.1) is 0 Å². The third kappa shape index (κ3) is 43.9. The molecule has 0 atom stereocenters. The van der Waals surface area contributed by atoms with Crippen molar-refractivity contribution in [2.24, 2.45) is 0 Å². The average Bonchev–Trinajstić information content (AvgIpc) is 3.07. The van der Waals surface area contributed by atoms with Crippen LogP contribution in [0, 0.1) is 0 Å². The summed E-state index contributed by atoms with van der Waals surface area (Å²) in [7, 11) is 0. The molecule has 8 nitrogen and oxygen atoms in total. The molecule has 0 heterocycles. The summed E-state index contributed by atoms with van der Waals surface area (Å²) in [6.45, 7) is 8.29. The van der Waals surface area contributed by atoms with E-state index >= 15 is 0 Å². The van der Waals surface area contributed by atoms with Gasteiger partial charge in [0.25, 0.3) is 0 Å². The minimum absolute atomic E-state index is 0.0448. The van der Waals surface area contributed by atoms with Crippen LogP contribution in [0.2, 0.25) is 0 Å². The maximum atomic E-state index is 11.7. The second-order valence-corrected chi connectivity index (χ2v) is 13.2. The molecule has 0 amide bonds. The molecule has 0 spiro atoms. The third-order valence-corrected chi connectivity index (χ3v) is 8.32. The molecule has 0 unspecified atom stereocenters. The fourth-order valence-electron chi connectivity index (χ4n) is 5.21. The van der Waals surface area contributed by atoms with Crippen molar-refractivity contribution in [3.8, 4) is 0 Å². The Morgan fingerprint density at radius 1 is 0.333 bits per heavy atom. The van der Waals surface area contributed by atoms with Crippen molar-refractivity contribution in [1.29, 1.82) is 0 Å². The second-order valence-electron chi connectivity index (χ2n) is 13.2. The van der Waals surface area contributed by atoms with Gasteiger partial charge in [-0.2, -0.15) is 0 Å². The van der Waals surface area contributed by atoms with Crippen LogP contribution < -0.4 is 0 Å². The summed E-state index contributed by atoms with van der Waals surface area (Å²) in [5, 5.41) is 8.42. The van der Waals surface area contributed by atoms with E-state index < -0.39 is 5.97 Å². The summed E-state index contributed by atoms with van der Waals surface area (Å²) in [6, 6.07) is 0. The summed E-state index contributed by atoms with van der Waals surface area (Å²) in [6.07, 6.45) is 30.5. The lowest BCUT2D eigenvalue weighted by Gasteiger charge is -2.06. The first kappa shape index (κ1) is 48.0. The Labute approximate surface area is 295 Å². The molecule has 0 aromatic heterocycles. The van der Waals surface area contributed by atoms with Gasteiger partial charge in [-0.25, -0.2) is 0 Å². The first-order valence-corrected chi connectivity index (χ1v) is 20.1. The summed E-state index contributed by atoms with van der Waals surface area (Å²) >= 11 is 0. The molecule has 284 valence electrons. The first-order chi connectivity index (χ1) is 23.4. The van der Waals surface area contributed by atoms with Crippen LogP contribution in [0.5, 0.6) is 0 Å². The number of carbonyl (C=O) groups excluding carboxylic acids is 3. The van der Waals surface area contributed by atoms with Crippen LogP contribution in [-0.2, 0) is 33.4 Å². The molecule has 0 aromatic carbocycles. The van der Waals surface area contributed by atoms with Crippen molar-refractivity contribution in [2.75, 3.05) is 19.8 Å². The zero-order chi connectivity index (χ0) is 35.8. The minimum Gasteiger partial charge on any atom is -0.481 e. The zero-order valence-electron chi connectivity index (χ0n) is 31.6. The van der Waals surface area contributed by atoms with Gasteiger partial charge in [0.2, 0.25) is 0 Å². The van der Waals surface area contributed by atoms with Gasteiger partial charge in [-0.3, -0.25) is 19.2 Å². The Hall–Kier alpha value is -2.12. The highest BCUT2D eigenvalue weighted by Gasteiger charge is 2.05. The van der Waals surface area contributed by atoms with Crippen LogP contribution >= 0.6 is 0 Å². The number of hydrogen-bond acceptors (Lipinski definition) is 7. The van der Waals surface area contributed by atoms with E-state index in [0.29, 0.717) is 51.9 Å². The molecule has 0 aromatic rings. The fourth-order valence-corrected chi connectivity index (χ4v) is 5.21. The number of rotatable bonds is 35. The van der Waals surface area contributed by atoms with E-state index in [4.69, 9.17) is 19.3 Å². The molecule has 0 aliphatic heterocycles. The van der Waals surface area contributed by atoms with Crippen molar-refractivity contribution in [1.82, 2.24) is 0 Å². The molecular weight excluding hydrogens is 608 g/mol. The van der Waals surface area contributed by atoms with E-state index in [1.165, 1.54) is 89.9 Å². The summed E-state index contributed by atoms with van der Waals surface area (Å²) in [5.41, 5.74) is 0. The predicted molar refractivity (Wildman–Crippen MR) is 196 cm³/mol. The lowest BCUT2D eigenvalue weighted by molar-refractivity contribution is -0.145. The minimum atomic E-state index is -0.810. The van der Waals surface area contributed by atoms with Gasteiger partial charge in [0.1, 0.15) is 0 Å². The second kappa shape index (κ2) is 41.1. The number of carbonyl (C=O) groups is 4. The SMILES string of the molecule is CCCCCCCCOC(=O)CCCCC(=O)O.CCCCCCCCOC(=O)CCCCCCCCC(=O)OCCCCCCCC. The number of esters is 3. The molecule has 0 bridgehead atoms. The number of unbranched alkanes of at least 4 members (excludes halogenated alkanes) is 21. The zero-order valence-corrected chi connectivity index (χ0v) is 31.6. The van der Waals surface area contributed by atoms with E-state index in [0.717, 1.165) is 64.2 Å². The normalized spacial score (nSPS) is 10.6. The number of carboxylic acid groups (broad SMARTS) is 1. The van der Waals surface area contributed by atoms with E-state index in [-0.39, 0.29) is 24.3 Å². The molecule has 0 aliphatic rings. The van der Waals surface area contributed by atoms with Gasteiger partial charge < -0.3 is 19.3 Å². The molecule has 0 fully saturated rings. The Morgan fingerprint density at radius 3 is 0.854 bits per heavy atom. The molecule has 0 saturated heterocycles. The van der Waals surface area contributed by atoms with E-state index in [1.807, 2.05) is 0 Å². The van der Waals surface area contributed by atoms with Gasteiger partial charge >= 0.3 is 23.9 Å². The van der Waals surface area contributed by atoms with Crippen LogP contribution in [0.25, 0.3) is 0 Å². The molecule has 0 saturated carbocycles. The van der Waals surface area contributed by atoms with Gasteiger partial charge in [0, 0.05) is 25.7 Å². The highest BCUT2D eigenvalue weighted by atomic mass is 16.5. The third-order valence-electron chi connectivity index (χ3n) is 8.32. The molecule has 1 N–H and O–H groups in total. The van der Waals surface area contributed by atoms with Gasteiger partial charge in [0.05, 0.1) is 19.8 Å². The molecule has 0 rings (SSSR count). The smallest absolute Gasteiger partial charge is 0.305 e. The Kier molecular flexibility index (Phi) is 41.0. The number of carboxylic acids is 1. The van der Waals surface area contributed by atoms with Crippen molar-refractivity contribution >= 4 is 23.9 Å². The number of hydrogen-bond donors (Lipinski definition) is 1. The molecule has 48 heavy (non-hydrogen) atoms. The van der Waals surface area contributed by atoms with Crippen LogP contribution in [-0.4, -0.2) is 48.8 Å². The quantitative estimate of drug-likeness (QED) is 0.0398. The van der Waals surface area contributed by atoms with Crippen LogP contribution in [0.1, 0.15) is 213 Å². The number of ether oxygens (including phenoxy) is 3. The van der Waals surface area contributed by atoms with Crippen molar-refractivity contribution in [3.05, 3.63) is 0 Å². The van der Waals surface area contributed by atoms with E-state index in [2.05, 4.69) is 20.8 Å². The standard InChI is InChI=1S/C26H50O4.C14H26O4/c1-3-5-7-9-15-19-23-29-25(27)21-17-13-11-12-14-18-22-26(28)30-24-20-16-10-8-6-4-2;1-2-3-4-5-6-9-12-18-14(17)11-8-7-10-13(15)16/h3-24H2,1-2H3;2-12H2,1H3,(H,15,16). The Bertz CT molecular complexity index is 688. The van der Waals surface area contributed by atoms with Crippen LogP contribution in [0.15, 0.2) is 0 Å². The van der Waals surface area contributed by atoms with Gasteiger partial charge in [-0.05, 0) is 44.9 Å². The highest BCUT2D eigenvalue weighted by Crippen LogP contribution is 2.11. The highest BCUT2D eigenvalue weighted by molar-refractivity contribution is 5.70. The topological polar surface area (TPSA) is 116 Å². The fraction of sp³-hybridized carbons (Fsp3) is 0.900. The Morgan fingerprint density at radius 2 is 0.562 bits per heavy atom. The maximum Gasteiger partial charge on any atom is 0.305 e. The van der Waals surface area contributed by atoms with Gasteiger partial charge in [0.15, 0.2) is 0 Å². The molecule has 8 heteroatoms. The van der Waals surface area contributed by atoms with Gasteiger partial charge in [-0.1, -0.05) is 143 Å². The maximum absolute atomic E-state index is 11.7. The van der Waals surface area contributed by atoms with Crippen LogP contribution in [0.4, 0.5) is 0 Å². The van der Waals surface area contributed by atoms with E-state index in [1.54, 1.807) is 0 Å². The summed E-state index contributed by atoms with van der Waals surface area (Å²) < 4.78 is 15.7.